The van der Waals surface area contributed by atoms with Gasteiger partial charge in [0.05, 0.1) is 4.90 Å². The maximum Gasteiger partial charge on any atom is 1.00 e. The van der Waals surface area contributed by atoms with E-state index in [1.165, 1.54) is 25.1 Å². The molecule has 0 aliphatic heterocycles. The summed E-state index contributed by atoms with van der Waals surface area (Å²) in [5, 5.41) is 0. The van der Waals surface area contributed by atoms with Crippen LogP contribution < -0.4 is 56.1 Å². The van der Waals surface area contributed by atoms with Gasteiger partial charge in [0.25, 0.3) is 0 Å². The Kier molecular flexibility index (Phi) is 8.83. The van der Waals surface area contributed by atoms with Crippen molar-refractivity contribution in [3.05, 3.63) is 36.4 Å². The fourth-order valence-corrected chi connectivity index (χ4v) is 1.80. The third kappa shape index (κ3) is 6.48. The van der Waals surface area contributed by atoms with Gasteiger partial charge in [0, 0.05) is 5.57 Å². The number of hydrogen-bond donors (Lipinski definition) is 0. The molecule has 104 valence electrons. The molecule has 20 heavy (non-hydrogen) atoms. The summed E-state index contributed by atoms with van der Waals surface area (Å²) in [6.07, 6.45) is 0. The normalized spacial score (nSPS) is 10.3. The van der Waals surface area contributed by atoms with Gasteiger partial charge >= 0.3 is 57.4 Å². The minimum atomic E-state index is -4.60. The Morgan fingerprint density at radius 3 is 2.45 bits per heavy atom. The average Bonchev–Trinajstić information content (AvgIpc) is 2.33. The number of benzene rings is 1. The zero-order chi connectivity index (χ0) is 14.5. The zero-order valence-electron chi connectivity index (χ0n) is 11.3. The molecule has 0 radical (unpaired) electrons. The third-order valence-corrected chi connectivity index (χ3v) is 2.92. The van der Waals surface area contributed by atoms with E-state index < -0.39 is 21.0 Å². The molecule has 1 rings (SSSR count). The van der Waals surface area contributed by atoms with E-state index in [2.05, 4.69) is 6.58 Å². The van der Waals surface area contributed by atoms with Crippen LogP contribution in [0.1, 0.15) is 6.92 Å². The number of carbonyl (C=O) groups is 1. The first-order valence-corrected chi connectivity index (χ1v) is 6.73. The van der Waals surface area contributed by atoms with Gasteiger partial charge in [-0.15, -0.1) is 0 Å². The molecule has 0 aliphatic carbocycles. The maximum atomic E-state index is 11.1. The molecule has 0 heterocycles. The van der Waals surface area contributed by atoms with Gasteiger partial charge in [0.1, 0.15) is 29.1 Å². The molecule has 8 heteroatoms. The smallest absolute Gasteiger partial charge is 0.744 e. The van der Waals surface area contributed by atoms with Crippen LogP contribution in [0.5, 0.6) is 5.75 Å². The van der Waals surface area contributed by atoms with Crippen molar-refractivity contribution in [3.8, 4) is 5.75 Å². The van der Waals surface area contributed by atoms with Crippen molar-refractivity contribution in [2.24, 2.45) is 0 Å². The second-order valence-electron chi connectivity index (χ2n) is 3.67. The van der Waals surface area contributed by atoms with E-state index in [1.807, 2.05) is 0 Å². The molecule has 0 atom stereocenters. The first kappa shape index (κ1) is 19.8. The molecule has 0 aliphatic rings. The van der Waals surface area contributed by atoms with E-state index in [4.69, 9.17) is 9.47 Å². The first-order chi connectivity index (χ1) is 8.82. The van der Waals surface area contributed by atoms with E-state index in [0.717, 1.165) is 6.07 Å². The summed E-state index contributed by atoms with van der Waals surface area (Å²) in [5.41, 5.74) is 0.252. The zero-order valence-corrected chi connectivity index (χ0v) is 15.2. The molecule has 0 aromatic heterocycles. The van der Waals surface area contributed by atoms with Crippen LogP contribution in [0.3, 0.4) is 0 Å². The summed E-state index contributed by atoms with van der Waals surface area (Å²) in [6, 6.07) is 5.45. The Bertz CT molecular complexity index is 581. The van der Waals surface area contributed by atoms with Crippen molar-refractivity contribution in [2.75, 3.05) is 13.2 Å². The molecule has 0 saturated carbocycles. The van der Waals surface area contributed by atoms with Crippen molar-refractivity contribution in [1.82, 2.24) is 0 Å². The van der Waals surface area contributed by atoms with Gasteiger partial charge < -0.3 is 14.0 Å². The minimum absolute atomic E-state index is 0. The summed E-state index contributed by atoms with van der Waals surface area (Å²) in [5.74, 6) is -0.628. The molecular formula is C12H13KO6S. The Balaban J connectivity index is 0.00000361. The quantitative estimate of drug-likeness (QED) is 0.199. The van der Waals surface area contributed by atoms with Gasteiger partial charge in [-0.2, -0.15) is 0 Å². The van der Waals surface area contributed by atoms with Crippen LogP contribution in [0.25, 0.3) is 0 Å². The number of ether oxygens (including phenoxy) is 2. The van der Waals surface area contributed by atoms with Gasteiger partial charge in [-0.3, -0.25) is 0 Å². The van der Waals surface area contributed by atoms with Crippen molar-refractivity contribution >= 4 is 16.1 Å². The summed E-state index contributed by atoms with van der Waals surface area (Å²) in [4.78, 5) is 10.6. The van der Waals surface area contributed by atoms with Crippen LogP contribution >= 0.6 is 0 Å². The van der Waals surface area contributed by atoms with E-state index in [0.29, 0.717) is 0 Å². The number of hydrogen-bond acceptors (Lipinski definition) is 6. The molecule has 0 spiro atoms. The predicted octanol–water partition coefficient (Wildman–Crippen LogP) is -1.91. The van der Waals surface area contributed by atoms with E-state index in [9.17, 15) is 17.8 Å². The van der Waals surface area contributed by atoms with Crippen LogP contribution in [-0.2, 0) is 19.6 Å². The van der Waals surface area contributed by atoms with Crippen molar-refractivity contribution in [1.29, 1.82) is 0 Å². The van der Waals surface area contributed by atoms with Crippen LogP contribution in [0.2, 0.25) is 0 Å². The summed E-state index contributed by atoms with van der Waals surface area (Å²) in [6.45, 7) is 4.77. The average molecular weight is 324 g/mol. The number of para-hydroxylation sites is 1. The van der Waals surface area contributed by atoms with E-state index >= 15 is 0 Å². The second-order valence-corrected chi connectivity index (χ2v) is 5.01. The standard InChI is InChI=1S/C12H14O6S.K/c1-9(2)12(13)18-8-7-17-10-5-3-4-6-11(10)19(14,15)16;/h3-6H,1,7-8H2,2H3,(H,14,15,16);/q;+1/p-1. The molecule has 0 bridgehead atoms. The Morgan fingerprint density at radius 2 is 1.90 bits per heavy atom. The van der Waals surface area contributed by atoms with E-state index in [-0.39, 0.29) is 75.9 Å². The third-order valence-electron chi connectivity index (χ3n) is 2.04. The van der Waals surface area contributed by atoms with Crippen molar-refractivity contribution < 1.29 is 78.6 Å². The topological polar surface area (TPSA) is 92.7 Å². The van der Waals surface area contributed by atoms with Gasteiger partial charge in [-0.25, -0.2) is 13.2 Å². The Morgan fingerprint density at radius 1 is 1.30 bits per heavy atom. The first-order valence-electron chi connectivity index (χ1n) is 5.32. The summed E-state index contributed by atoms with van der Waals surface area (Å²) in [7, 11) is -4.60. The second kappa shape index (κ2) is 8.93. The molecule has 0 fully saturated rings. The largest absolute Gasteiger partial charge is 1.00 e. The molecule has 6 nitrogen and oxygen atoms in total. The van der Waals surface area contributed by atoms with Crippen LogP contribution in [-0.4, -0.2) is 32.2 Å². The van der Waals surface area contributed by atoms with Gasteiger partial charge in [0.2, 0.25) is 0 Å². The minimum Gasteiger partial charge on any atom is -0.744 e. The Labute approximate surface area is 160 Å². The molecular weight excluding hydrogens is 311 g/mol. The molecule has 0 N–H and O–H groups in total. The molecule has 0 saturated heterocycles. The molecule has 0 amide bonds. The van der Waals surface area contributed by atoms with Crippen LogP contribution in [0.15, 0.2) is 41.3 Å². The predicted molar refractivity (Wildman–Crippen MR) is 65.7 cm³/mol. The van der Waals surface area contributed by atoms with Gasteiger partial charge in [-0.05, 0) is 19.1 Å². The van der Waals surface area contributed by atoms with Crippen LogP contribution in [0, 0.1) is 0 Å². The molecule has 0 unspecified atom stereocenters. The van der Waals surface area contributed by atoms with E-state index in [1.54, 1.807) is 0 Å². The summed E-state index contributed by atoms with van der Waals surface area (Å²) >= 11 is 0. The van der Waals surface area contributed by atoms with Crippen molar-refractivity contribution in [3.63, 3.8) is 0 Å². The molecule has 1 aromatic rings. The molecule has 1 aromatic carbocycles. The Hall–Kier alpha value is -0.224. The van der Waals surface area contributed by atoms with Gasteiger partial charge in [-0.1, -0.05) is 18.7 Å². The number of esters is 1. The maximum absolute atomic E-state index is 11.1. The monoisotopic (exact) mass is 324 g/mol. The fourth-order valence-electron chi connectivity index (χ4n) is 1.19. The number of rotatable bonds is 6. The van der Waals surface area contributed by atoms with Crippen molar-refractivity contribution in [2.45, 2.75) is 11.8 Å². The van der Waals surface area contributed by atoms with Gasteiger partial charge in [0.15, 0.2) is 0 Å². The fraction of sp³-hybridized carbons (Fsp3) is 0.250. The summed E-state index contributed by atoms with van der Waals surface area (Å²) < 4.78 is 42.7. The SMILES string of the molecule is C=C(C)C(=O)OCCOc1ccccc1S(=O)(=O)[O-].[K+]. The number of carbonyl (C=O) groups excluding carboxylic acids is 1. The van der Waals surface area contributed by atoms with Crippen LogP contribution in [0.4, 0.5) is 0 Å².